The number of halogens is 1. The fourth-order valence-corrected chi connectivity index (χ4v) is 8.88. The van der Waals surface area contributed by atoms with Crippen LogP contribution in [0.5, 0.6) is 0 Å². The lowest BCUT2D eigenvalue weighted by molar-refractivity contribution is -0.140. The smallest absolute Gasteiger partial charge is 0.248 e. The molecule has 3 heterocycles. The standard InChI is InChI=1S/C28H32ClN3O4S/c1-27-13-14-28(37-27)22(21(27)24(34)30-17-18-7-3-2-4-8-18)26(36)32(15-5-6-16-33)23(28)25(35)31-20-11-9-19(29)10-12-20/h2-4,7-12,21-23,33H,5-6,13-17H2,1H3,(H,30,34)(H,31,35)/t21-,22-,23?,27+,28?/m0/s1. The van der Waals surface area contributed by atoms with Crippen molar-refractivity contribution in [3.8, 4) is 0 Å². The Morgan fingerprint density at radius 1 is 1.08 bits per heavy atom. The molecule has 0 radical (unpaired) electrons. The van der Waals surface area contributed by atoms with Gasteiger partial charge in [-0.3, -0.25) is 14.4 Å². The van der Waals surface area contributed by atoms with Crippen LogP contribution in [0.15, 0.2) is 54.6 Å². The van der Waals surface area contributed by atoms with E-state index in [4.69, 9.17) is 11.6 Å². The maximum absolute atomic E-state index is 14.0. The average Bonchev–Trinajstić information content (AvgIpc) is 3.45. The maximum Gasteiger partial charge on any atom is 0.248 e. The first-order chi connectivity index (χ1) is 17.8. The summed E-state index contributed by atoms with van der Waals surface area (Å²) in [6.45, 7) is 2.85. The molecule has 37 heavy (non-hydrogen) atoms. The molecule has 1 spiro atoms. The first-order valence-corrected chi connectivity index (χ1v) is 14.0. The molecule has 0 saturated carbocycles. The minimum atomic E-state index is -0.696. The quantitative estimate of drug-likeness (QED) is 0.419. The molecule has 5 atom stereocenters. The highest BCUT2D eigenvalue weighted by Crippen LogP contribution is 2.71. The summed E-state index contributed by atoms with van der Waals surface area (Å²) in [5, 5.41) is 15.9. The molecule has 2 unspecified atom stereocenters. The number of anilines is 1. The Kier molecular flexibility index (Phi) is 7.27. The molecule has 2 aromatic rings. The van der Waals surface area contributed by atoms with Crippen LogP contribution in [-0.2, 0) is 20.9 Å². The number of thioether (sulfide) groups is 1. The Bertz CT molecular complexity index is 1180. The molecular weight excluding hydrogens is 510 g/mol. The van der Waals surface area contributed by atoms with Gasteiger partial charge in [0.1, 0.15) is 6.04 Å². The second-order valence-corrected chi connectivity index (χ2v) is 12.7. The summed E-state index contributed by atoms with van der Waals surface area (Å²) in [7, 11) is 0. The molecule has 9 heteroatoms. The summed E-state index contributed by atoms with van der Waals surface area (Å²) < 4.78 is -1.09. The number of nitrogens with one attached hydrogen (secondary N) is 2. The summed E-state index contributed by atoms with van der Waals surface area (Å²) in [6, 6.07) is 15.9. The van der Waals surface area contributed by atoms with E-state index in [1.165, 1.54) is 0 Å². The second-order valence-electron chi connectivity index (χ2n) is 10.4. The number of carbonyl (C=O) groups is 3. The largest absolute Gasteiger partial charge is 0.396 e. The van der Waals surface area contributed by atoms with Gasteiger partial charge < -0.3 is 20.6 Å². The van der Waals surface area contributed by atoms with Crippen LogP contribution >= 0.6 is 23.4 Å². The van der Waals surface area contributed by atoms with Crippen LogP contribution < -0.4 is 10.6 Å². The van der Waals surface area contributed by atoms with Crippen LogP contribution in [0.4, 0.5) is 5.69 Å². The van der Waals surface area contributed by atoms with E-state index in [-0.39, 0.29) is 24.3 Å². The highest BCUT2D eigenvalue weighted by molar-refractivity contribution is 8.02. The lowest BCUT2D eigenvalue weighted by Gasteiger charge is -2.34. The molecule has 2 bridgehead atoms. The van der Waals surface area contributed by atoms with Gasteiger partial charge in [-0.2, -0.15) is 0 Å². The van der Waals surface area contributed by atoms with E-state index in [0.717, 1.165) is 12.0 Å². The van der Waals surface area contributed by atoms with Gasteiger partial charge in [0.05, 0.1) is 16.6 Å². The van der Waals surface area contributed by atoms with Gasteiger partial charge >= 0.3 is 0 Å². The van der Waals surface area contributed by atoms with Gasteiger partial charge in [0.25, 0.3) is 0 Å². The topological polar surface area (TPSA) is 98.7 Å². The number of unbranched alkanes of at least 4 members (excludes halogenated alkanes) is 1. The molecule has 5 rings (SSSR count). The second kappa shape index (κ2) is 10.3. The van der Waals surface area contributed by atoms with Crippen molar-refractivity contribution >= 4 is 46.8 Å². The van der Waals surface area contributed by atoms with Crippen molar-refractivity contribution in [1.29, 1.82) is 0 Å². The third-order valence-electron chi connectivity index (χ3n) is 8.04. The van der Waals surface area contributed by atoms with Crippen LogP contribution in [0.3, 0.4) is 0 Å². The van der Waals surface area contributed by atoms with Crippen molar-refractivity contribution in [2.24, 2.45) is 11.8 Å². The molecule has 7 nitrogen and oxygen atoms in total. The minimum Gasteiger partial charge on any atom is -0.396 e. The van der Waals surface area contributed by atoms with Gasteiger partial charge in [-0.15, -0.1) is 11.8 Å². The molecule has 0 aromatic heterocycles. The minimum absolute atomic E-state index is 0.0234. The fourth-order valence-electron chi connectivity index (χ4n) is 6.40. The summed E-state index contributed by atoms with van der Waals surface area (Å²) in [5.74, 6) is -1.60. The Morgan fingerprint density at radius 2 is 1.81 bits per heavy atom. The molecule has 3 aliphatic heterocycles. The zero-order chi connectivity index (χ0) is 26.2. The van der Waals surface area contributed by atoms with Gasteiger partial charge in [-0.1, -0.05) is 41.9 Å². The van der Waals surface area contributed by atoms with Crippen molar-refractivity contribution in [3.05, 3.63) is 65.2 Å². The number of likely N-dealkylation sites (tertiary alicyclic amines) is 1. The average molecular weight is 542 g/mol. The number of benzene rings is 2. The van der Waals surface area contributed by atoms with Crippen molar-refractivity contribution in [3.63, 3.8) is 0 Å². The Morgan fingerprint density at radius 3 is 2.51 bits per heavy atom. The normalized spacial score (nSPS) is 29.9. The predicted octanol–water partition coefficient (Wildman–Crippen LogP) is 3.85. The highest BCUT2D eigenvalue weighted by atomic mass is 35.5. The maximum atomic E-state index is 14.0. The lowest BCUT2D eigenvalue weighted by Crippen LogP contribution is -2.52. The summed E-state index contributed by atoms with van der Waals surface area (Å²) >= 11 is 7.66. The number of aliphatic hydroxyl groups excluding tert-OH is 1. The number of fused-ring (bicyclic) bond motifs is 1. The van der Waals surface area contributed by atoms with E-state index in [2.05, 4.69) is 17.6 Å². The monoisotopic (exact) mass is 541 g/mol. The summed E-state index contributed by atoms with van der Waals surface area (Å²) in [6.07, 6.45) is 2.59. The van der Waals surface area contributed by atoms with E-state index < -0.39 is 27.4 Å². The number of carbonyl (C=O) groups excluding carboxylic acids is 3. The number of nitrogens with zero attached hydrogens (tertiary/aromatic N) is 1. The predicted molar refractivity (Wildman–Crippen MR) is 145 cm³/mol. The van der Waals surface area contributed by atoms with Crippen LogP contribution in [0.1, 0.15) is 38.2 Å². The van der Waals surface area contributed by atoms with E-state index in [9.17, 15) is 19.5 Å². The molecule has 3 amide bonds. The number of amides is 3. The molecule has 0 aliphatic carbocycles. The summed E-state index contributed by atoms with van der Waals surface area (Å²) in [5.41, 5.74) is 1.60. The first kappa shape index (κ1) is 26.1. The zero-order valence-electron chi connectivity index (χ0n) is 20.8. The van der Waals surface area contributed by atoms with Crippen LogP contribution in [-0.4, -0.2) is 56.4 Å². The SMILES string of the molecule is C[C@]12CCC3(S1)C(C(=O)Nc1ccc(Cl)cc1)N(CCCCO)C(=O)[C@@H]3[C@H]2C(=O)NCc1ccccc1. The molecule has 3 aliphatic rings. The number of rotatable bonds is 9. The van der Waals surface area contributed by atoms with Gasteiger partial charge in [0.2, 0.25) is 17.7 Å². The van der Waals surface area contributed by atoms with Crippen molar-refractivity contribution in [2.75, 3.05) is 18.5 Å². The van der Waals surface area contributed by atoms with Gasteiger partial charge in [-0.05, 0) is 62.4 Å². The van der Waals surface area contributed by atoms with Gasteiger partial charge in [-0.25, -0.2) is 0 Å². The summed E-state index contributed by atoms with van der Waals surface area (Å²) in [4.78, 5) is 43.1. The van der Waals surface area contributed by atoms with Gasteiger partial charge in [0, 0.05) is 35.2 Å². The molecule has 2 aromatic carbocycles. The third-order valence-corrected chi connectivity index (χ3v) is 10.3. The van der Waals surface area contributed by atoms with E-state index >= 15 is 0 Å². The molecule has 3 saturated heterocycles. The third kappa shape index (κ3) is 4.64. The van der Waals surface area contributed by atoms with Crippen molar-refractivity contribution in [1.82, 2.24) is 10.2 Å². The Hall–Kier alpha value is -2.55. The van der Waals surface area contributed by atoms with Gasteiger partial charge in [0.15, 0.2) is 0 Å². The highest BCUT2D eigenvalue weighted by Gasteiger charge is 2.76. The molecule has 196 valence electrons. The van der Waals surface area contributed by atoms with E-state index in [0.29, 0.717) is 43.1 Å². The van der Waals surface area contributed by atoms with Crippen molar-refractivity contribution in [2.45, 2.75) is 54.7 Å². The number of hydrogen-bond acceptors (Lipinski definition) is 5. The van der Waals surface area contributed by atoms with Crippen molar-refractivity contribution < 1.29 is 19.5 Å². The fraction of sp³-hybridized carbons (Fsp3) is 0.464. The van der Waals surface area contributed by atoms with Crippen LogP contribution in [0.25, 0.3) is 0 Å². The van der Waals surface area contributed by atoms with Crippen LogP contribution in [0, 0.1) is 11.8 Å². The molecular formula is C28H32ClN3O4S. The molecule has 3 fully saturated rings. The zero-order valence-corrected chi connectivity index (χ0v) is 22.4. The Labute approximate surface area is 226 Å². The number of hydrogen-bond donors (Lipinski definition) is 3. The van der Waals surface area contributed by atoms with E-state index in [1.807, 2.05) is 30.3 Å². The Balaban J connectivity index is 1.43. The first-order valence-electron chi connectivity index (χ1n) is 12.8. The number of aliphatic hydroxyl groups is 1. The molecule has 3 N–H and O–H groups in total. The van der Waals surface area contributed by atoms with Crippen LogP contribution in [0.2, 0.25) is 5.02 Å². The van der Waals surface area contributed by atoms with E-state index in [1.54, 1.807) is 40.9 Å². The lowest BCUT2D eigenvalue weighted by atomic mass is 9.66.